The molecule has 0 saturated heterocycles. The smallest absolute Gasteiger partial charge is 0.290 e. The number of aromatic nitrogens is 1. The molecule has 0 radical (unpaired) electrons. The van der Waals surface area contributed by atoms with Gasteiger partial charge in [0.1, 0.15) is 11.5 Å². The summed E-state index contributed by atoms with van der Waals surface area (Å²) in [7, 11) is 0. The third-order valence-corrected chi connectivity index (χ3v) is 3.33. The van der Waals surface area contributed by atoms with Crippen LogP contribution in [0.25, 0.3) is 0 Å². The fraction of sp³-hybridized carbons (Fsp3) is 0.214. The van der Waals surface area contributed by atoms with Crippen LogP contribution in [0, 0.1) is 17.0 Å². The molecule has 0 spiro atoms. The summed E-state index contributed by atoms with van der Waals surface area (Å²) in [6.45, 7) is 3.57. The molecule has 0 aliphatic rings. The number of anilines is 1. The van der Waals surface area contributed by atoms with Crippen LogP contribution in [0.3, 0.4) is 0 Å². The van der Waals surface area contributed by atoms with Crippen molar-refractivity contribution in [3.63, 3.8) is 0 Å². The molecule has 1 aromatic heterocycles. The third-order valence-electron chi connectivity index (χ3n) is 2.99. The molecule has 104 valence electrons. The van der Waals surface area contributed by atoms with Gasteiger partial charge in [0.05, 0.1) is 11.0 Å². The summed E-state index contributed by atoms with van der Waals surface area (Å²) >= 11 is 6.13. The number of halogens is 1. The van der Waals surface area contributed by atoms with Gasteiger partial charge < -0.3 is 5.32 Å². The summed E-state index contributed by atoms with van der Waals surface area (Å²) < 4.78 is 0. The maximum absolute atomic E-state index is 10.7. The molecular weight excluding hydrogens is 278 g/mol. The van der Waals surface area contributed by atoms with E-state index in [1.807, 2.05) is 31.2 Å². The lowest BCUT2D eigenvalue weighted by atomic mass is 10.1. The molecule has 0 aliphatic heterocycles. The van der Waals surface area contributed by atoms with Crippen LogP contribution >= 0.6 is 11.6 Å². The number of hydrogen-bond acceptors (Lipinski definition) is 4. The molecule has 0 fully saturated rings. The molecule has 1 atom stereocenters. The van der Waals surface area contributed by atoms with Gasteiger partial charge in [-0.05, 0) is 31.5 Å². The van der Waals surface area contributed by atoms with Crippen molar-refractivity contribution in [3.05, 3.63) is 62.8 Å². The summed E-state index contributed by atoms with van der Waals surface area (Å²) in [6.07, 6.45) is 0. The largest absolute Gasteiger partial charge is 0.363 e. The van der Waals surface area contributed by atoms with Gasteiger partial charge in [-0.1, -0.05) is 29.8 Å². The van der Waals surface area contributed by atoms with Crippen molar-refractivity contribution < 1.29 is 4.92 Å². The Morgan fingerprint density at radius 1 is 1.30 bits per heavy atom. The Labute approximate surface area is 121 Å². The van der Waals surface area contributed by atoms with Gasteiger partial charge in [-0.25, -0.2) is 4.98 Å². The van der Waals surface area contributed by atoms with Gasteiger partial charge in [0, 0.05) is 11.1 Å². The molecule has 0 bridgehead atoms. The molecule has 2 rings (SSSR count). The van der Waals surface area contributed by atoms with Crippen molar-refractivity contribution in [1.29, 1.82) is 0 Å². The van der Waals surface area contributed by atoms with Gasteiger partial charge in [-0.2, -0.15) is 0 Å². The molecular formula is C14H14ClN3O2. The molecule has 0 saturated carbocycles. The molecule has 1 aromatic carbocycles. The molecule has 2 aromatic rings. The number of pyridine rings is 1. The summed E-state index contributed by atoms with van der Waals surface area (Å²) in [4.78, 5) is 14.5. The SMILES string of the molecule is Cc1nc(NC(C)c2ccccc2Cl)ccc1[N+](=O)[O-]. The highest BCUT2D eigenvalue weighted by molar-refractivity contribution is 6.31. The summed E-state index contributed by atoms with van der Waals surface area (Å²) in [5.41, 5.74) is 1.35. The Kier molecular flexibility index (Phi) is 4.20. The Balaban J connectivity index is 2.20. The van der Waals surface area contributed by atoms with Crippen LogP contribution in [-0.2, 0) is 0 Å². The monoisotopic (exact) mass is 291 g/mol. The van der Waals surface area contributed by atoms with Crippen molar-refractivity contribution in [1.82, 2.24) is 4.98 Å². The normalized spacial score (nSPS) is 11.9. The van der Waals surface area contributed by atoms with Crippen molar-refractivity contribution in [2.75, 3.05) is 5.32 Å². The molecule has 6 heteroatoms. The first kappa shape index (κ1) is 14.3. The molecule has 0 amide bonds. The van der Waals surface area contributed by atoms with Crippen molar-refractivity contribution in [2.45, 2.75) is 19.9 Å². The Bertz CT molecular complexity index is 646. The first-order valence-electron chi connectivity index (χ1n) is 6.12. The first-order valence-corrected chi connectivity index (χ1v) is 6.50. The van der Waals surface area contributed by atoms with Gasteiger partial charge >= 0.3 is 0 Å². The minimum atomic E-state index is -0.441. The molecule has 0 aliphatic carbocycles. The molecule has 1 unspecified atom stereocenters. The Hall–Kier alpha value is -2.14. The van der Waals surface area contributed by atoms with E-state index in [4.69, 9.17) is 11.6 Å². The number of aryl methyl sites for hydroxylation is 1. The lowest BCUT2D eigenvalue weighted by Crippen LogP contribution is -2.09. The average Bonchev–Trinajstić information content (AvgIpc) is 2.38. The van der Waals surface area contributed by atoms with Crippen LogP contribution in [0.4, 0.5) is 11.5 Å². The Morgan fingerprint density at radius 2 is 2.00 bits per heavy atom. The minimum absolute atomic E-state index is 0.0148. The van der Waals surface area contributed by atoms with E-state index in [2.05, 4.69) is 10.3 Å². The standard InChI is InChI=1S/C14H14ClN3O2/c1-9(11-5-3-4-6-12(11)15)16-14-8-7-13(18(19)20)10(2)17-14/h3-9H,1-2H3,(H,16,17). The van der Waals surface area contributed by atoms with Crippen LogP contribution < -0.4 is 5.32 Å². The van der Waals surface area contributed by atoms with Gasteiger partial charge in [-0.15, -0.1) is 0 Å². The first-order chi connectivity index (χ1) is 9.49. The van der Waals surface area contributed by atoms with Crippen molar-refractivity contribution in [2.24, 2.45) is 0 Å². The highest BCUT2D eigenvalue weighted by atomic mass is 35.5. The van der Waals surface area contributed by atoms with Gasteiger partial charge in [0.2, 0.25) is 0 Å². The molecule has 20 heavy (non-hydrogen) atoms. The summed E-state index contributed by atoms with van der Waals surface area (Å²) in [5.74, 6) is 0.584. The lowest BCUT2D eigenvalue weighted by molar-refractivity contribution is -0.385. The highest BCUT2D eigenvalue weighted by Gasteiger charge is 2.14. The lowest BCUT2D eigenvalue weighted by Gasteiger charge is -2.16. The van der Waals surface area contributed by atoms with E-state index in [1.54, 1.807) is 13.0 Å². The fourth-order valence-electron chi connectivity index (χ4n) is 1.95. The van der Waals surface area contributed by atoms with Crippen LogP contribution in [0.2, 0.25) is 5.02 Å². The average molecular weight is 292 g/mol. The highest BCUT2D eigenvalue weighted by Crippen LogP contribution is 2.26. The van der Waals surface area contributed by atoms with Crippen LogP contribution in [-0.4, -0.2) is 9.91 Å². The van der Waals surface area contributed by atoms with E-state index in [0.29, 0.717) is 16.5 Å². The number of nitrogens with one attached hydrogen (secondary N) is 1. The van der Waals surface area contributed by atoms with Crippen molar-refractivity contribution in [3.8, 4) is 0 Å². The Morgan fingerprint density at radius 3 is 2.60 bits per heavy atom. The van der Waals surface area contributed by atoms with E-state index in [1.165, 1.54) is 6.07 Å². The quantitative estimate of drug-likeness (QED) is 0.679. The summed E-state index contributed by atoms with van der Waals surface area (Å²) in [6, 6.07) is 10.5. The van der Waals surface area contributed by atoms with Gasteiger partial charge in [0.15, 0.2) is 0 Å². The van der Waals surface area contributed by atoms with Crippen LogP contribution in [0.15, 0.2) is 36.4 Å². The summed E-state index contributed by atoms with van der Waals surface area (Å²) in [5, 5.41) is 14.6. The van der Waals surface area contributed by atoms with E-state index < -0.39 is 4.92 Å². The zero-order chi connectivity index (χ0) is 14.7. The maximum Gasteiger partial charge on any atom is 0.290 e. The number of nitrogens with zero attached hydrogens (tertiary/aromatic N) is 2. The zero-order valence-corrected chi connectivity index (χ0v) is 11.9. The van der Waals surface area contributed by atoms with Crippen LogP contribution in [0.5, 0.6) is 0 Å². The second-order valence-corrected chi connectivity index (χ2v) is 4.85. The van der Waals surface area contributed by atoms with Crippen LogP contribution in [0.1, 0.15) is 24.2 Å². The van der Waals surface area contributed by atoms with Crippen molar-refractivity contribution >= 4 is 23.1 Å². The third kappa shape index (κ3) is 3.05. The maximum atomic E-state index is 10.7. The number of rotatable bonds is 4. The van der Waals surface area contributed by atoms with E-state index in [9.17, 15) is 10.1 Å². The van der Waals surface area contributed by atoms with Gasteiger partial charge in [-0.3, -0.25) is 10.1 Å². The number of hydrogen-bond donors (Lipinski definition) is 1. The number of nitro groups is 1. The molecule has 1 N–H and O–H groups in total. The second kappa shape index (κ2) is 5.88. The van der Waals surface area contributed by atoms with Gasteiger partial charge in [0.25, 0.3) is 5.69 Å². The number of benzene rings is 1. The van der Waals surface area contributed by atoms with E-state index in [0.717, 1.165) is 5.56 Å². The minimum Gasteiger partial charge on any atom is -0.363 e. The second-order valence-electron chi connectivity index (χ2n) is 4.45. The predicted molar refractivity (Wildman–Crippen MR) is 79.1 cm³/mol. The van der Waals surface area contributed by atoms with E-state index >= 15 is 0 Å². The molecule has 5 nitrogen and oxygen atoms in total. The van der Waals surface area contributed by atoms with E-state index in [-0.39, 0.29) is 11.7 Å². The predicted octanol–water partition coefficient (Wildman–Crippen LogP) is 4.12. The fourth-order valence-corrected chi connectivity index (χ4v) is 2.25. The zero-order valence-electron chi connectivity index (χ0n) is 11.1. The molecule has 1 heterocycles. The topological polar surface area (TPSA) is 68.1 Å².